The van der Waals surface area contributed by atoms with Crippen molar-refractivity contribution in [3.05, 3.63) is 248 Å². The molecule has 0 radical (unpaired) electrons. The number of fused-ring (bicyclic) bond motifs is 13. The van der Waals surface area contributed by atoms with Crippen LogP contribution in [0.2, 0.25) is 0 Å². The van der Waals surface area contributed by atoms with Gasteiger partial charge in [0.1, 0.15) is 17.0 Å². The molecule has 14 aromatic rings. The fourth-order valence-electron chi connectivity index (χ4n) is 12.1. The number of furan rings is 1. The van der Waals surface area contributed by atoms with E-state index < -0.39 is 0 Å². The number of ether oxygens (including phenoxy) is 1. The van der Waals surface area contributed by atoms with Crippen LogP contribution in [0.5, 0.6) is 11.5 Å². The van der Waals surface area contributed by atoms with Crippen LogP contribution in [-0.2, 0) is 31.9 Å². The first-order valence-corrected chi connectivity index (χ1v) is 27.4. The van der Waals surface area contributed by atoms with Crippen molar-refractivity contribution < 1.29 is 34.8 Å². The molecule has 0 saturated heterocycles. The number of benzene rings is 10. The van der Waals surface area contributed by atoms with Crippen molar-refractivity contribution in [2.24, 2.45) is 0 Å². The minimum atomic E-state index is -0.0493. The van der Waals surface area contributed by atoms with Gasteiger partial charge in [0.05, 0.1) is 16.7 Å². The van der Waals surface area contributed by atoms with Crippen LogP contribution in [-0.4, -0.2) is 14.1 Å². The minimum Gasteiger partial charge on any atom is -0.510 e. The first-order valence-electron chi connectivity index (χ1n) is 27.4. The number of rotatable bonds is 6. The van der Waals surface area contributed by atoms with Crippen LogP contribution in [0, 0.1) is 18.5 Å². The third kappa shape index (κ3) is 8.34. The molecule has 1 aliphatic rings. The molecule has 0 bridgehead atoms. The Bertz CT molecular complexity index is 4830. The van der Waals surface area contributed by atoms with Gasteiger partial charge in [-0.3, -0.25) is 4.57 Å². The quantitative estimate of drug-likeness (QED) is 0.123. The van der Waals surface area contributed by atoms with Gasteiger partial charge in [-0.1, -0.05) is 187 Å². The molecular weight excluding hydrogens is 1170 g/mol. The average Bonchev–Trinajstić information content (AvgIpc) is 3.51. The molecule has 0 aliphatic carbocycles. The molecule has 0 fully saturated rings. The summed E-state index contributed by atoms with van der Waals surface area (Å²) in [6.07, 6.45) is 5.88. The van der Waals surface area contributed by atoms with E-state index >= 15 is 0 Å². The Kier molecular flexibility index (Phi) is 11.8. The fraction of sp³-hybridized carbons (Fsp3) is 0.108. The van der Waals surface area contributed by atoms with Gasteiger partial charge >= 0.3 is 0 Å². The second-order valence-corrected chi connectivity index (χ2v) is 23.2. The van der Waals surface area contributed by atoms with Crippen molar-refractivity contribution in [1.29, 1.82) is 0 Å². The maximum atomic E-state index is 6.81. The minimum absolute atomic E-state index is 0. The van der Waals surface area contributed by atoms with E-state index in [1.165, 1.54) is 11.1 Å². The maximum Gasteiger partial charge on any atom is 0.268 e. The first-order chi connectivity index (χ1) is 38.9. The monoisotopic (exact) mass is 1230 g/mol. The Hall–Kier alpha value is -9.09. The van der Waals surface area contributed by atoms with Gasteiger partial charge in [-0.05, 0) is 131 Å². The number of aromatic nitrogens is 4. The largest absolute Gasteiger partial charge is 0.510 e. The molecule has 0 N–H and O–H groups in total. The summed E-state index contributed by atoms with van der Waals surface area (Å²) in [5, 5.41) is 4.41. The molecule has 0 atom stereocenters. The van der Waals surface area contributed by atoms with Gasteiger partial charge in [-0.15, -0.1) is 29.7 Å². The van der Waals surface area contributed by atoms with Crippen LogP contribution in [0.4, 0.5) is 0 Å². The molecule has 0 saturated carbocycles. The zero-order valence-electron chi connectivity index (χ0n) is 45.7. The third-order valence-corrected chi connectivity index (χ3v) is 16.1. The Balaban J connectivity index is 0.00000589. The Morgan fingerprint density at radius 3 is 1.91 bits per heavy atom. The molecule has 81 heavy (non-hydrogen) atoms. The standard InChI is InChI=1S/C74H54N4O2.Pt/c1-73(2,3)49-32-28-46(29-33-49)54-22-14-23-62-63-40-47(48-31-37-69-64(41-48)60-21-10-12-27-68(60)80-69)30-35-57(63)55-18-7-8-19-56(55)61-24-15-26-66-72(61)77(71(54)62)45-76(66)51-16-13-17-52(43-51)79-53-34-36-59-58-20-9-11-25-65(58)78(67(59)44-53)70-42-50(38-39-75-70)74(4,5)6;/h7-42H,1-6H3;/q-2;. The molecule has 5 heterocycles. The van der Waals surface area contributed by atoms with E-state index in [0.717, 1.165) is 128 Å². The van der Waals surface area contributed by atoms with Gasteiger partial charge in [0.2, 0.25) is 0 Å². The van der Waals surface area contributed by atoms with Crippen LogP contribution in [0.25, 0.3) is 128 Å². The van der Waals surface area contributed by atoms with E-state index in [0.29, 0.717) is 11.5 Å². The molecular formula is C74H54N4O2Pt-2. The van der Waals surface area contributed by atoms with Crippen LogP contribution in [0.1, 0.15) is 52.7 Å². The predicted molar refractivity (Wildman–Crippen MR) is 325 cm³/mol. The molecule has 7 heteroatoms. The summed E-state index contributed by atoms with van der Waals surface area (Å²) < 4.78 is 19.7. The van der Waals surface area contributed by atoms with E-state index in [2.05, 4.69) is 256 Å². The van der Waals surface area contributed by atoms with Gasteiger partial charge in [0, 0.05) is 55.1 Å². The Morgan fingerprint density at radius 1 is 0.457 bits per heavy atom. The molecule has 0 unspecified atom stereocenters. The molecule has 6 nitrogen and oxygen atoms in total. The second-order valence-electron chi connectivity index (χ2n) is 23.2. The number of pyridine rings is 1. The van der Waals surface area contributed by atoms with Gasteiger partial charge in [-0.25, -0.2) is 4.98 Å². The number of para-hydroxylation sites is 4. The SMILES string of the molecule is CC(C)(C)c1ccc(-c2cccc3c2-[n+]2[c-]n(-c4[c-]c(Oc5[c-]c6c(cc5)c5ccccc5n6-c5cc(C(C)(C)C)ccn5)ccc4)c4cccc(c42)-c2ccccc2-c2ccc(-c4ccc5oc6ccccc6c5c4)cc2-3)cc1.[Pt]. The molecule has 0 amide bonds. The van der Waals surface area contributed by atoms with Crippen molar-refractivity contribution in [1.82, 2.24) is 14.1 Å². The normalized spacial score (nSPS) is 12.2. The third-order valence-electron chi connectivity index (χ3n) is 16.1. The van der Waals surface area contributed by atoms with E-state index in [9.17, 15) is 0 Å². The number of imidazole rings is 1. The van der Waals surface area contributed by atoms with Gasteiger partial charge in [0.25, 0.3) is 6.33 Å². The number of hydrogen-bond acceptors (Lipinski definition) is 3. The molecule has 10 aromatic carbocycles. The molecule has 0 spiro atoms. The van der Waals surface area contributed by atoms with Gasteiger partial charge in [-0.2, -0.15) is 18.2 Å². The smallest absolute Gasteiger partial charge is 0.268 e. The summed E-state index contributed by atoms with van der Waals surface area (Å²) in [5.41, 5.74) is 21.2. The second kappa shape index (κ2) is 19.0. The summed E-state index contributed by atoms with van der Waals surface area (Å²) in [6.45, 7) is 13.5. The zero-order valence-corrected chi connectivity index (χ0v) is 48.0. The van der Waals surface area contributed by atoms with E-state index in [1.54, 1.807) is 0 Å². The van der Waals surface area contributed by atoms with E-state index in [-0.39, 0.29) is 31.9 Å². The first kappa shape index (κ1) is 50.2. The van der Waals surface area contributed by atoms with Crippen LogP contribution >= 0.6 is 0 Å². The van der Waals surface area contributed by atoms with Crippen molar-refractivity contribution in [2.45, 2.75) is 52.4 Å². The van der Waals surface area contributed by atoms with Crippen molar-refractivity contribution in [3.8, 4) is 84.3 Å². The summed E-state index contributed by atoms with van der Waals surface area (Å²) >= 11 is 0. The van der Waals surface area contributed by atoms with Gasteiger partial charge in [0.15, 0.2) is 0 Å². The molecule has 4 aromatic heterocycles. The van der Waals surface area contributed by atoms with Crippen molar-refractivity contribution in [2.75, 3.05) is 0 Å². The summed E-state index contributed by atoms with van der Waals surface area (Å²) in [7, 11) is 0. The Labute approximate surface area is 485 Å². The van der Waals surface area contributed by atoms with Crippen LogP contribution in [0.3, 0.4) is 0 Å². The van der Waals surface area contributed by atoms with E-state index in [4.69, 9.17) is 14.1 Å². The number of hydrogen-bond donors (Lipinski definition) is 0. The zero-order chi connectivity index (χ0) is 54.0. The maximum absolute atomic E-state index is 6.81. The molecule has 15 rings (SSSR count). The summed E-state index contributed by atoms with van der Waals surface area (Å²) in [4.78, 5) is 4.91. The van der Waals surface area contributed by atoms with Crippen LogP contribution < -0.4 is 9.30 Å². The van der Waals surface area contributed by atoms with E-state index in [1.807, 2.05) is 36.5 Å². The fourth-order valence-corrected chi connectivity index (χ4v) is 12.1. The van der Waals surface area contributed by atoms with Crippen molar-refractivity contribution in [3.63, 3.8) is 0 Å². The molecule has 1 aliphatic heterocycles. The van der Waals surface area contributed by atoms with Crippen molar-refractivity contribution >= 4 is 54.8 Å². The summed E-state index contributed by atoms with van der Waals surface area (Å²) in [6, 6.07) is 83.4. The topological polar surface area (TPSA) is 49.0 Å². The average molecular weight is 1230 g/mol. The molecule has 394 valence electrons. The Morgan fingerprint density at radius 2 is 1.09 bits per heavy atom. The number of nitrogens with zero attached hydrogens (tertiary/aromatic N) is 4. The van der Waals surface area contributed by atoms with Gasteiger partial charge < -0.3 is 18.3 Å². The predicted octanol–water partition coefficient (Wildman–Crippen LogP) is 18.7. The summed E-state index contributed by atoms with van der Waals surface area (Å²) in [5.74, 6) is 1.97. The van der Waals surface area contributed by atoms with Crippen LogP contribution in [0.15, 0.2) is 223 Å².